The van der Waals surface area contributed by atoms with E-state index in [1.807, 2.05) is 12.3 Å². The molecule has 0 amide bonds. The lowest BCUT2D eigenvalue weighted by Gasteiger charge is -2.37. The van der Waals surface area contributed by atoms with Crippen molar-refractivity contribution < 1.29 is 0 Å². The van der Waals surface area contributed by atoms with Crippen LogP contribution in [0.2, 0.25) is 0 Å². The van der Waals surface area contributed by atoms with E-state index < -0.39 is 0 Å². The van der Waals surface area contributed by atoms with E-state index in [4.69, 9.17) is 17.2 Å². The number of benzene rings is 1. The van der Waals surface area contributed by atoms with E-state index in [1.54, 1.807) is 0 Å². The Kier molecular flexibility index (Phi) is 6.08. The first-order valence-corrected chi connectivity index (χ1v) is 12.7. The smallest absolute Gasteiger partial charge is 0.170 e. The number of hydrogen-bond donors (Lipinski definition) is 1. The van der Waals surface area contributed by atoms with Gasteiger partial charge in [-0.2, -0.15) is 0 Å². The van der Waals surface area contributed by atoms with Crippen LogP contribution < -0.4 is 5.32 Å². The number of thiocarbonyl (C=S) groups is 1. The van der Waals surface area contributed by atoms with Crippen molar-refractivity contribution in [3.8, 4) is 5.69 Å². The van der Waals surface area contributed by atoms with Crippen LogP contribution in [-0.2, 0) is 0 Å². The number of aryl methyl sites for hydroxylation is 1. The highest BCUT2D eigenvalue weighted by Crippen LogP contribution is 2.44. The molecule has 4 nitrogen and oxygen atoms in total. The molecule has 1 N–H and O–H groups in total. The fraction of sp³-hybridized carbons (Fsp3) is 0.385. The Morgan fingerprint density at radius 1 is 1.03 bits per heavy atom. The SMILES string of the molecule is Cc1cc([C@@H]2[C@H](c3ccccn3)NC(=S)N2C2CCCCC2)c(C)n1-c1ccccc1Br. The number of nitrogens with one attached hydrogen (secondary N) is 1. The quantitative estimate of drug-likeness (QED) is 0.404. The van der Waals surface area contributed by atoms with E-state index in [1.165, 1.54) is 54.7 Å². The summed E-state index contributed by atoms with van der Waals surface area (Å²) in [7, 11) is 0. The molecule has 2 aliphatic rings. The van der Waals surface area contributed by atoms with Gasteiger partial charge in [0.2, 0.25) is 0 Å². The fourth-order valence-corrected chi connectivity index (χ4v) is 6.39. The number of rotatable bonds is 4. The number of para-hydroxylation sites is 1. The zero-order chi connectivity index (χ0) is 22.2. The van der Waals surface area contributed by atoms with E-state index in [0.29, 0.717) is 6.04 Å². The summed E-state index contributed by atoms with van der Waals surface area (Å²) in [6.45, 7) is 4.43. The van der Waals surface area contributed by atoms with E-state index in [2.05, 4.69) is 87.0 Å². The van der Waals surface area contributed by atoms with Crippen molar-refractivity contribution in [2.75, 3.05) is 0 Å². The topological polar surface area (TPSA) is 33.1 Å². The standard InChI is InChI=1S/C26H29BrN4S/c1-17-16-20(18(2)30(17)23-14-7-6-12-21(23)27)25-24(22-13-8-9-15-28-22)29-26(32)31(25)19-10-4-3-5-11-19/h6-9,12-16,19,24-25H,3-5,10-11H2,1-2H3,(H,29,32)/t24-,25+/m0/s1. The van der Waals surface area contributed by atoms with Crippen molar-refractivity contribution in [1.82, 2.24) is 19.8 Å². The first-order chi connectivity index (χ1) is 15.6. The van der Waals surface area contributed by atoms with Crippen LogP contribution in [0.5, 0.6) is 0 Å². The molecule has 3 aromatic rings. The summed E-state index contributed by atoms with van der Waals surface area (Å²) in [5, 5.41) is 4.51. The lowest BCUT2D eigenvalue weighted by Crippen LogP contribution is -2.40. The molecular formula is C26H29BrN4S. The molecule has 2 atom stereocenters. The molecule has 1 aromatic carbocycles. The van der Waals surface area contributed by atoms with Crippen molar-refractivity contribution >= 4 is 33.3 Å². The van der Waals surface area contributed by atoms with Crippen LogP contribution in [0.15, 0.2) is 59.2 Å². The predicted molar refractivity (Wildman–Crippen MR) is 137 cm³/mol. The van der Waals surface area contributed by atoms with E-state index in [-0.39, 0.29) is 12.1 Å². The van der Waals surface area contributed by atoms with Gasteiger partial charge in [-0.15, -0.1) is 0 Å². The molecule has 2 fully saturated rings. The second kappa shape index (κ2) is 8.99. The normalized spacial score (nSPS) is 21.7. The van der Waals surface area contributed by atoms with Crippen LogP contribution in [0.25, 0.3) is 5.69 Å². The molecule has 0 spiro atoms. The first kappa shape index (κ1) is 21.7. The fourth-order valence-electron chi connectivity index (χ4n) is 5.54. The Hall–Kier alpha value is -2.18. The highest BCUT2D eigenvalue weighted by atomic mass is 79.9. The molecular weight excluding hydrogens is 480 g/mol. The first-order valence-electron chi connectivity index (χ1n) is 11.5. The predicted octanol–water partition coefficient (Wildman–Crippen LogP) is 6.56. The van der Waals surface area contributed by atoms with Crippen molar-refractivity contribution in [2.24, 2.45) is 0 Å². The van der Waals surface area contributed by atoms with Gasteiger partial charge in [-0.1, -0.05) is 37.5 Å². The number of halogens is 1. The van der Waals surface area contributed by atoms with E-state index in [0.717, 1.165) is 15.3 Å². The van der Waals surface area contributed by atoms with Gasteiger partial charge in [0, 0.05) is 28.1 Å². The summed E-state index contributed by atoms with van der Waals surface area (Å²) in [6.07, 6.45) is 8.17. The molecule has 3 heterocycles. The van der Waals surface area contributed by atoms with Gasteiger partial charge in [0.25, 0.3) is 0 Å². The molecule has 5 rings (SSSR count). The third-order valence-electron chi connectivity index (χ3n) is 6.99. The third kappa shape index (κ3) is 3.77. The van der Waals surface area contributed by atoms with Gasteiger partial charge in [-0.05, 0) is 90.7 Å². The van der Waals surface area contributed by atoms with Crippen LogP contribution in [0.4, 0.5) is 0 Å². The van der Waals surface area contributed by atoms with Crippen LogP contribution in [0, 0.1) is 13.8 Å². The molecule has 32 heavy (non-hydrogen) atoms. The van der Waals surface area contributed by atoms with E-state index >= 15 is 0 Å². The number of aromatic nitrogens is 2. The van der Waals surface area contributed by atoms with Gasteiger partial charge in [0.1, 0.15) is 0 Å². The van der Waals surface area contributed by atoms with Crippen LogP contribution in [0.3, 0.4) is 0 Å². The molecule has 166 valence electrons. The maximum Gasteiger partial charge on any atom is 0.170 e. The number of nitrogens with zero attached hydrogens (tertiary/aromatic N) is 3. The largest absolute Gasteiger partial charge is 0.352 e. The van der Waals surface area contributed by atoms with E-state index in [9.17, 15) is 0 Å². The molecule has 6 heteroatoms. The van der Waals surface area contributed by atoms with Crippen LogP contribution >= 0.6 is 28.1 Å². The zero-order valence-electron chi connectivity index (χ0n) is 18.6. The third-order valence-corrected chi connectivity index (χ3v) is 7.98. The van der Waals surface area contributed by atoms with Crippen LogP contribution in [-0.4, -0.2) is 25.6 Å². The lowest BCUT2D eigenvalue weighted by molar-refractivity contribution is 0.197. The van der Waals surface area contributed by atoms with Crippen molar-refractivity contribution in [3.63, 3.8) is 0 Å². The van der Waals surface area contributed by atoms with Gasteiger partial charge < -0.3 is 14.8 Å². The molecule has 0 radical (unpaired) electrons. The Labute approximate surface area is 204 Å². The Morgan fingerprint density at radius 3 is 2.50 bits per heavy atom. The summed E-state index contributed by atoms with van der Waals surface area (Å²) in [6, 6.07) is 17.6. The summed E-state index contributed by atoms with van der Waals surface area (Å²) in [5.74, 6) is 0. The highest BCUT2D eigenvalue weighted by Gasteiger charge is 2.44. The molecule has 0 unspecified atom stereocenters. The Bertz CT molecular complexity index is 1120. The zero-order valence-corrected chi connectivity index (χ0v) is 21.0. The maximum absolute atomic E-state index is 5.95. The summed E-state index contributed by atoms with van der Waals surface area (Å²) < 4.78 is 3.45. The van der Waals surface area contributed by atoms with Crippen LogP contribution in [0.1, 0.15) is 66.8 Å². The minimum absolute atomic E-state index is 0.0405. The number of pyridine rings is 1. The van der Waals surface area contributed by atoms with Crippen molar-refractivity contribution in [2.45, 2.75) is 64.1 Å². The lowest BCUT2D eigenvalue weighted by atomic mass is 9.90. The molecule has 1 saturated heterocycles. The second-order valence-electron chi connectivity index (χ2n) is 8.94. The molecule has 2 aromatic heterocycles. The maximum atomic E-state index is 5.95. The average Bonchev–Trinajstić information content (AvgIpc) is 3.31. The van der Waals surface area contributed by atoms with Gasteiger partial charge >= 0.3 is 0 Å². The van der Waals surface area contributed by atoms with Crippen molar-refractivity contribution in [1.29, 1.82) is 0 Å². The highest BCUT2D eigenvalue weighted by molar-refractivity contribution is 9.10. The van der Waals surface area contributed by atoms with Gasteiger partial charge in [0.15, 0.2) is 5.11 Å². The summed E-state index contributed by atoms with van der Waals surface area (Å²) >= 11 is 9.70. The van der Waals surface area contributed by atoms with Gasteiger partial charge in [0.05, 0.1) is 23.5 Å². The van der Waals surface area contributed by atoms with Crippen molar-refractivity contribution in [3.05, 3.63) is 81.8 Å². The van der Waals surface area contributed by atoms with Gasteiger partial charge in [-0.3, -0.25) is 4.98 Å². The summed E-state index contributed by atoms with van der Waals surface area (Å²) in [5.41, 5.74) is 6.02. The minimum atomic E-state index is 0.0405. The monoisotopic (exact) mass is 508 g/mol. The second-order valence-corrected chi connectivity index (χ2v) is 10.2. The molecule has 1 aliphatic carbocycles. The molecule has 1 aliphatic heterocycles. The molecule has 1 saturated carbocycles. The number of hydrogen-bond acceptors (Lipinski definition) is 2. The Morgan fingerprint density at radius 2 is 1.78 bits per heavy atom. The average molecular weight is 510 g/mol. The molecule has 0 bridgehead atoms. The Balaban J connectivity index is 1.64. The van der Waals surface area contributed by atoms with Gasteiger partial charge in [-0.25, -0.2) is 0 Å². The summed E-state index contributed by atoms with van der Waals surface area (Å²) in [4.78, 5) is 7.22. The minimum Gasteiger partial charge on any atom is -0.352 e.